The van der Waals surface area contributed by atoms with Gasteiger partial charge < -0.3 is 0 Å². The summed E-state index contributed by atoms with van der Waals surface area (Å²) in [7, 11) is 0. The van der Waals surface area contributed by atoms with Gasteiger partial charge in [-0.2, -0.15) is 0 Å². The molecule has 0 unspecified atom stereocenters. The molecule has 224 valence electrons. The van der Waals surface area contributed by atoms with E-state index in [-0.39, 0.29) is 0 Å². The Balaban J connectivity index is 1.41. The lowest BCUT2D eigenvalue weighted by Gasteiger charge is -2.13. The van der Waals surface area contributed by atoms with Crippen LogP contribution in [0, 0.1) is 20.8 Å². The van der Waals surface area contributed by atoms with Crippen LogP contribution in [-0.4, -0.2) is 32.8 Å². The van der Waals surface area contributed by atoms with Gasteiger partial charge in [0.1, 0.15) is 0 Å². The largest absolute Gasteiger partial charge is 0.252 e. The number of hydrogen-bond acceptors (Lipinski definition) is 6. The van der Waals surface area contributed by atoms with Crippen LogP contribution in [-0.2, 0) is 0 Å². The summed E-state index contributed by atoms with van der Waals surface area (Å²) < 4.78 is 0. The third kappa shape index (κ3) is 7.60. The van der Waals surface area contributed by atoms with Gasteiger partial charge in [0.05, 0.1) is 68.4 Å². The smallest absolute Gasteiger partial charge is 0.0849 e. The second kappa shape index (κ2) is 14.0. The molecule has 0 aliphatic carbocycles. The maximum absolute atomic E-state index is 5.06. The molecule has 0 saturated carbocycles. The Morgan fingerprint density at radius 3 is 1.29 bits per heavy atom. The molecule has 6 nitrogen and oxygen atoms in total. The van der Waals surface area contributed by atoms with Crippen molar-refractivity contribution in [1.29, 1.82) is 0 Å². The summed E-state index contributed by atoms with van der Waals surface area (Å²) in [5.41, 5.74) is 13.6. The van der Waals surface area contributed by atoms with Crippen molar-refractivity contribution in [3.63, 3.8) is 0 Å². The second-order valence-corrected chi connectivity index (χ2v) is 11.1. The number of para-hydroxylation sites is 2. The first-order valence-corrected chi connectivity index (χ1v) is 15.1. The highest BCUT2D eigenvalue weighted by Crippen LogP contribution is 2.34. The van der Waals surface area contributed by atoms with Crippen LogP contribution in [0.4, 0.5) is 22.7 Å². The minimum Gasteiger partial charge on any atom is -0.252 e. The van der Waals surface area contributed by atoms with Gasteiger partial charge in [0.2, 0.25) is 0 Å². The molecule has 45 heavy (non-hydrogen) atoms. The van der Waals surface area contributed by atoms with E-state index in [4.69, 9.17) is 29.9 Å². The lowest BCUT2D eigenvalue weighted by atomic mass is 10.0. The van der Waals surface area contributed by atoms with Gasteiger partial charge in [-0.25, -0.2) is 9.97 Å². The standard InChI is InChI=1S/C39H38N6/c1-25-24-38(42-30(6)36-22-14-20-34(44-36)28(4)40-32-16-10-8-11-17-32)26(2)27(3)39(25)43-31(7)37-23-15-21-35(45-37)29(5)41-33-18-12-9-13-19-33/h8-24H,1-7H3. The first-order valence-electron chi connectivity index (χ1n) is 15.1. The molecule has 2 aromatic heterocycles. The zero-order chi connectivity index (χ0) is 31.9. The van der Waals surface area contributed by atoms with Crippen molar-refractivity contribution in [1.82, 2.24) is 9.97 Å². The summed E-state index contributed by atoms with van der Waals surface area (Å²) in [6.45, 7) is 14.2. The topological polar surface area (TPSA) is 75.2 Å². The maximum atomic E-state index is 5.06. The van der Waals surface area contributed by atoms with E-state index in [0.29, 0.717) is 0 Å². The SMILES string of the molecule is CC(=Nc1ccccc1)c1cccc(C(C)=Nc2cc(C)c(N=C(C)c3cccc(C(C)=Nc4ccccc4)n3)c(C)c2C)n1. The molecule has 6 heteroatoms. The summed E-state index contributed by atoms with van der Waals surface area (Å²) in [4.78, 5) is 29.3. The fourth-order valence-corrected chi connectivity index (χ4v) is 4.98. The van der Waals surface area contributed by atoms with Gasteiger partial charge in [0, 0.05) is 0 Å². The summed E-state index contributed by atoms with van der Waals surface area (Å²) in [5.74, 6) is 0. The predicted molar refractivity (Wildman–Crippen MR) is 189 cm³/mol. The lowest BCUT2D eigenvalue weighted by Crippen LogP contribution is -2.05. The predicted octanol–water partition coefficient (Wildman–Crippen LogP) is 9.96. The Morgan fingerprint density at radius 1 is 0.444 bits per heavy atom. The second-order valence-electron chi connectivity index (χ2n) is 11.1. The number of aliphatic imine (C=N–C) groups is 4. The van der Waals surface area contributed by atoms with Crippen molar-refractivity contribution in [3.05, 3.63) is 143 Å². The van der Waals surface area contributed by atoms with E-state index in [1.807, 2.05) is 125 Å². The van der Waals surface area contributed by atoms with E-state index in [0.717, 1.165) is 85.1 Å². The van der Waals surface area contributed by atoms with Crippen LogP contribution in [0.15, 0.2) is 123 Å². The number of nitrogens with zero attached hydrogens (tertiary/aromatic N) is 6. The van der Waals surface area contributed by atoms with Gasteiger partial charge in [0.25, 0.3) is 0 Å². The lowest BCUT2D eigenvalue weighted by molar-refractivity contribution is 1.21. The maximum Gasteiger partial charge on any atom is 0.0849 e. The Kier molecular flexibility index (Phi) is 9.64. The highest BCUT2D eigenvalue weighted by atomic mass is 14.9. The Morgan fingerprint density at radius 2 is 0.844 bits per heavy atom. The van der Waals surface area contributed by atoms with Crippen molar-refractivity contribution >= 4 is 45.6 Å². The molecule has 0 radical (unpaired) electrons. The molecule has 0 amide bonds. The molecule has 3 aromatic carbocycles. The number of aryl methyl sites for hydroxylation is 1. The molecule has 0 bridgehead atoms. The Hall–Kier alpha value is -5.36. The van der Waals surface area contributed by atoms with Gasteiger partial charge in [0.15, 0.2) is 0 Å². The van der Waals surface area contributed by atoms with Crippen molar-refractivity contribution in [2.24, 2.45) is 20.0 Å². The van der Waals surface area contributed by atoms with Crippen LogP contribution in [0.25, 0.3) is 0 Å². The van der Waals surface area contributed by atoms with Crippen molar-refractivity contribution in [2.45, 2.75) is 48.5 Å². The molecule has 2 heterocycles. The molecule has 0 aliphatic rings. The first-order chi connectivity index (χ1) is 21.7. The van der Waals surface area contributed by atoms with E-state index in [1.165, 1.54) is 0 Å². The average Bonchev–Trinajstić information content (AvgIpc) is 3.06. The van der Waals surface area contributed by atoms with Crippen LogP contribution in [0.1, 0.15) is 67.2 Å². The first kappa shape index (κ1) is 31.1. The molecule has 0 aliphatic heterocycles. The van der Waals surface area contributed by atoms with E-state index in [1.54, 1.807) is 0 Å². The summed E-state index contributed by atoms with van der Waals surface area (Å²) in [6, 6.07) is 33.9. The highest BCUT2D eigenvalue weighted by molar-refractivity contribution is 6.03. The molecule has 0 N–H and O–H groups in total. The number of rotatable bonds is 8. The number of pyridine rings is 2. The number of benzene rings is 3. The quantitative estimate of drug-likeness (QED) is 0.169. The third-order valence-electron chi connectivity index (χ3n) is 7.68. The molecule has 0 spiro atoms. The molecule has 0 atom stereocenters. The minimum atomic E-state index is 0.819. The fourth-order valence-electron chi connectivity index (χ4n) is 4.98. The summed E-state index contributed by atoms with van der Waals surface area (Å²) >= 11 is 0. The minimum absolute atomic E-state index is 0.819. The van der Waals surface area contributed by atoms with Crippen molar-refractivity contribution < 1.29 is 0 Å². The van der Waals surface area contributed by atoms with Gasteiger partial charge in [-0.3, -0.25) is 20.0 Å². The van der Waals surface area contributed by atoms with Gasteiger partial charge in [-0.1, -0.05) is 48.5 Å². The molecular weight excluding hydrogens is 552 g/mol. The average molecular weight is 591 g/mol. The normalized spacial score (nSPS) is 12.9. The van der Waals surface area contributed by atoms with Crippen LogP contribution < -0.4 is 0 Å². The van der Waals surface area contributed by atoms with E-state index >= 15 is 0 Å². The number of aromatic nitrogens is 2. The van der Waals surface area contributed by atoms with Crippen LogP contribution >= 0.6 is 0 Å². The number of hydrogen-bond donors (Lipinski definition) is 0. The van der Waals surface area contributed by atoms with Gasteiger partial charge >= 0.3 is 0 Å². The Bertz CT molecular complexity index is 1950. The highest BCUT2D eigenvalue weighted by Gasteiger charge is 2.13. The summed E-state index contributed by atoms with van der Waals surface area (Å²) in [6.07, 6.45) is 0. The zero-order valence-corrected chi connectivity index (χ0v) is 27.0. The van der Waals surface area contributed by atoms with Crippen LogP contribution in [0.3, 0.4) is 0 Å². The third-order valence-corrected chi connectivity index (χ3v) is 7.68. The molecule has 5 rings (SSSR count). The summed E-state index contributed by atoms with van der Waals surface area (Å²) in [5, 5.41) is 0. The molecule has 5 aromatic rings. The van der Waals surface area contributed by atoms with Crippen molar-refractivity contribution in [3.8, 4) is 0 Å². The van der Waals surface area contributed by atoms with Crippen LogP contribution in [0.2, 0.25) is 0 Å². The van der Waals surface area contributed by atoms with E-state index in [9.17, 15) is 0 Å². The van der Waals surface area contributed by atoms with E-state index in [2.05, 4.69) is 26.8 Å². The van der Waals surface area contributed by atoms with Crippen LogP contribution in [0.5, 0.6) is 0 Å². The fraction of sp³-hybridized carbons (Fsp3) is 0.179. The Labute approximate surface area is 266 Å². The monoisotopic (exact) mass is 590 g/mol. The molecule has 0 fully saturated rings. The van der Waals surface area contributed by atoms with Crippen molar-refractivity contribution in [2.75, 3.05) is 0 Å². The van der Waals surface area contributed by atoms with Gasteiger partial charge in [-0.05, 0) is 120 Å². The van der Waals surface area contributed by atoms with E-state index < -0.39 is 0 Å². The zero-order valence-electron chi connectivity index (χ0n) is 27.0. The van der Waals surface area contributed by atoms with Gasteiger partial charge in [-0.15, -0.1) is 0 Å². The molecule has 0 saturated heterocycles. The molecular formula is C39H38N6.